The van der Waals surface area contributed by atoms with E-state index in [-0.39, 0.29) is 0 Å². The lowest BCUT2D eigenvalue weighted by Crippen LogP contribution is -2.30. The van der Waals surface area contributed by atoms with Crippen molar-refractivity contribution in [1.29, 1.82) is 0 Å². The molecule has 1 unspecified atom stereocenters. The van der Waals surface area contributed by atoms with Crippen LogP contribution in [0.2, 0.25) is 0 Å². The first-order valence-corrected chi connectivity index (χ1v) is 9.16. The fourth-order valence-electron chi connectivity index (χ4n) is 3.29. The van der Waals surface area contributed by atoms with E-state index in [1.54, 1.807) is 54.8 Å². The highest BCUT2D eigenvalue weighted by molar-refractivity contribution is 5.92. The number of nitrogens with zero attached hydrogens (tertiary/aromatic N) is 2. The number of alkyl halides is 1. The second-order valence-corrected chi connectivity index (χ2v) is 6.66. The molecule has 152 valence electrons. The summed E-state index contributed by atoms with van der Waals surface area (Å²) in [6.45, 7) is 5.85. The Morgan fingerprint density at radius 2 is 2.17 bits per heavy atom. The molecule has 3 rings (SSSR count). The number of esters is 1. The van der Waals surface area contributed by atoms with Crippen molar-refractivity contribution < 1.29 is 18.3 Å². The molecule has 29 heavy (non-hydrogen) atoms. The van der Waals surface area contributed by atoms with Crippen LogP contribution in [-0.2, 0) is 9.53 Å². The monoisotopic (exact) mass is 399 g/mol. The quantitative estimate of drug-likeness (QED) is 0.597. The molecule has 0 bridgehead atoms. The molecule has 0 saturated heterocycles. The minimum atomic E-state index is -1.42. The average Bonchev–Trinajstić information content (AvgIpc) is 3.04. The van der Waals surface area contributed by atoms with Gasteiger partial charge >= 0.3 is 5.97 Å². The van der Waals surface area contributed by atoms with Gasteiger partial charge in [0, 0.05) is 42.5 Å². The van der Waals surface area contributed by atoms with Crippen molar-refractivity contribution in [1.82, 2.24) is 15.3 Å². The van der Waals surface area contributed by atoms with Crippen LogP contribution in [0.25, 0.3) is 11.1 Å². The zero-order chi connectivity index (χ0) is 21.1. The number of methoxy groups -OCH3 is 1. The molecular weight excluding hydrogens is 376 g/mol. The molecule has 0 radical (unpaired) electrons. The molecule has 1 atom stereocenters. The number of nitrogens with one attached hydrogen (secondary N) is 1. The highest BCUT2D eigenvalue weighted by atomic mass is 19.1. The number of carbonyl (C=O) groups excluding carboxylic acids is 1. The maximum atomic E-state index is 14.9. The van der Waals surface area contributed by atoms with Gasteiger partial charge in [-0.2, -0.15) is 5.43 Å². The Labute approximate surface area is 168 Å². The van der Waals surface area contributed by atoms with Crippen molar-refractivity contribution >= 4 is 17.1 Å². The highest BCUT2D eigenvalue weighted by Crippen LogP contribution is 2.34. The number of rotatable bonds is 5. The van der Waals surface area contributed by atoms with E-state index in [1.165, 1.54) is 18.2 Å². The molecule has 5 nitrogen and oxygen atoms in total. The second-order valence-electron chi connectivity index (χ2n) is 6.66. The van der Waals surface area contributed by atoms with Gasteiger partial charge in [0.05, 0.1) is 12.7 Å². The van der Waals surface area contributed by atoms with E-state index in [0.717, 1.165) is 0 Å². The van der Waals surface area contributed by atoms with Gasteiger partial charge in [-0.15, -0.1) is 0 Å². The number of hydrogen-bond acceptors (Lipinski definition) is 5. The van der Waals surface area contributed by atoms with E-state index < -0.39 is 18.1 Å². The van der Waals surface area contributed by atoms with Crippen LogP contribution in [0.4, 0.5) is 8.78 Å². The van der Waals surface area contributed by atoms with Crippen LogP contribution in [0.3, 0.4) is 0 Å². The summed E-state index contributed by atoms with van der Waals surface area (Å²) < 4.78 is 34.0. The maximum absolute atomic E-state index is 14.9. The summed E-state index contributed by atoms with van der Waals surface area (Å²) in [6, 6.07) is 4.63. The van der Waals surface area contributed by atoms with Gasteiger partial charge < -0.3 is 14.6 Å². The van der Waals surface area contributed by atoms with Crippen LogP contribution < -0.4 is 5.43 Å². The molecule has 0 aliphatic carbocycles. The minimum absolute atomic E-state index is 0.338. The highest BCUT2D eigenvalue weighted by Gasteiger charge is 2.26. The number of halogens is 2. The van der Waals surface area contributed by atoms with Crippen molar-refractivity contribution in [2.45, 2.75) is 19.6 Å². The Balaban J connectivity index is 2.01. The molecular formula is C22H23F2N3O2. The predicted octanol–water partition coefficient (Wildman–Crippen LogP) is 4.11. The molecule has 2 heterocycles. The Bertz CT molecular complexity index is 963. The molecule has 2 aliphatic heterocycles. The molecule has 1 aromatic carbocycles. The third kappa shape index (κ3) is 4.14. The summed E-state index contributed by atoms with van der Waals surface area (Å²) >= 11 is 0. The fraction of sp³-hybridized carbons (Fsp3) is 0.227. The van der Waals surface area contributed by atoms with Crippen LogP contribution in [0.5, 0.6) is 0 Å². The zero-order valence-electron chi connectivity index (χ0n) is 16.6. The van der Waals surface area contributed by atoms with Gasteiger partial charge in [0.1, 0.15) is 5.82 Å². The number of allylic oxidation sites excluding steroid dienone is 2. The van der Waals surface area contributed by atoms with Gasteiger partial charge in [0.25, 0.3) is 0 Å². The van der Waals surface area contributed by atoms with Gasteiger partial charge in [-0.25, -0.2) is 13.6 Å². The summed E-state index contributed by atoms with van der Waals surface area (Å²) in [4.78, 5) is 13.4. The van der Waals surface area contributed by atoms with Gasteiger partial charge in [-0.05, 0) is 35.8 Å². The number of hydrogen-bond donors (Lipinski definition) is 1. The van der Waals surface area contributed by atoms with E-state index in [9.17, 15) is 13.6 Å². The maximum Gasteiger partial charge on any atom is 0.337 e. The third-order valence-corrected chi connectivity index (χ3v) is 4.73. The first-order chi connectivity index (χ1) is 13.8. The molecule has 0 fully saturated rings. The summed E-state index contributed by atoms with van der Waals surface area (Å²) in [5.74, 6) is -0.896. The molecule has 2 aliphatic rings. The van der Waals surface area contributed by atoms with Crippen molar-refractivity contribution in [2.75, 3.05) is 14.2 Å². The standard InChI is InChI=1S/C22H23F2N3O2/c1-5-15(12-27-10-9-16(11-14(27)2)22(28)29-4)20-17(7-6-8-19(20)23)18-13-26(3)25-21(18)24/h6-13,21,25H,2,5H2,1,3-4H3/b15-12+. The van der Waals surface area contributed by atoms with Crippen molar-refractivity contribution in [3.63, 3.8) is 0 Å². The van der Waals surface area contributed by atoms with E-state index in [0.29, 0.717) is 40.0 Å². The normalized spacial score (nSPS) is 19.4. The Morgan fingerprint density at radius 3 is 2.76 bits per heavy atom. The number of ether oxygens (including phenoxy) is 1. The topological polar surface area (TPSA) is 44.8 Å². The predicted molar refractivity (Wildman–Crippen MR) is 109 cm³/mol. The third-order valence-electron chi connectivity index (χ3n) is 4.73. The van der Waals surface area contributed by atoms with Crippen LogP contribution in [-0.4, -0.2) is 36.3 Å². The lowest BCUT2D eigenvalue weighted by atomic mass is 9.93. The Hall–Kier alpha value is -3.19. The average molecular weight is 399 g/mol. The number of benzene rings is 1. The molecule has 1 N–H and O–H groups in total. The van der Waals surface area contributed by atoms with E-state index in [1.807, 2.05) is 6.92 Å². The van der Waals surface area contributed by atoms with Crippen LogP contribution in [0, 0.1) is 5.82 Å². The molecule has 0 amide bonds. The Kier molecular flexibility index (Phi) is 5.98. The van der Waals surface area contributed by atoms with Gasteiger partial charge in [-0.1, -0.05) is 25.6 Å². The molecule has 0 spiro atoms. The molecule has 0 saturated carbocycles. The second kappa shape index (κ2) is 8.45. The molecule has 7 heteroatoms. The zero-order valence-corrected chi connectivity index (χ0v) is 16.6. The SMILES string of the molecule is C=C1C=C(C(=O)OC)C=CN1/C=C(\CC)c1c(F)cccc1C1=CN(C)NC1F. The summed E-state index contributed by atoms with van der Waals surface area (Å²) in [5.41, 5.74) is 5.38. The minimum Gasteiger partial charge on any atom is -0.465 e. The molecule has 1 aromatic rings. The van der Waals surface area contributed by atoms with Crippen LogP contribution in [0.15, 0.2) is 66.8 Å². The Morgan fingerprint density at radius 1 is 1.41 bits per heavy atom. The van der Waals surface area contributed by atoms with E-state index >= 15 is 0 Å². The summed E-state index contributed by atoms with van der Waals surface area (Å²) in [7, 11) is 2.99. The van der Waals surface area contributed by atoms with Crippen molar-refractivity contribution in [3.05, 3.63) is 83.7 Å². The van der Waals surface area contributed by atoms with Crippen LogP contribution >= 0.6 is 0 Å². The first kappa shape index (κ1) is 20.5. The summed E-state index contributed by atoms with van der Waals surface area (Å²) in [5, 5.41) is 1.51. The van der Waals surface area contributed by atoms with E-state index in [2.05, 4.69) is 12.0 Å². The lowest BCUT2D eigenvalue weighted by Gasteiger charge is -2.23. The number of hydrazine groups is 1. The smallest absolute Gasteiger partial charge is 0.337 e. The van der Waals surface area contributed by atoms with Crippen LogP contribution in [0.1, 0.15) is 24.5 Å². The van der Waals surface area contributed by atoms with Gasteiger partial charge in [0.15, 0.2) is 6.30 Å². The number of carbonyl (C=O) groups is 1. The lowest BCUT2D eigenvalue weighted by molar-refractivity contribution is -0.135. The van der Waals surface area contributed by atoms with Crippen molar-refractivity contribution in [3.8, 4) is 0 Å². The first-order valence-electron chi connectivity index (χ1n) is 9.16. The van der Waals surface area contributed by atoms with Crippen molar-refractivity contribution in [2.24, 2.45) is 0 Å². The summed E-state index contributed by atoms with van der Waals surface area (Å²) in [6.07, 6.45) is 7.29. The van der Waals surface area contributed by atoms with Gasteiger partial charge in [0.2, 0.25) is 0 Å². The fourth-order valence-corrected chi connectivity index (χ4v) is 3.29. The van der Waals surface area contributed by atoms with E-state index in [4.69, 9.17) is 4.74 Å². The van der Waals surface area contributed by atoms with Gasteiger partial charge in [-0.3, -0.25) is 0 Å². The molecule has 0 aromatic heterocycles. The largest absolute Gasteiger partial charge is 0.465 e.